The van der Waals surface area contributed by atoms with Crippen LogP contribution in [0.5, 0.6) is 0 Å². The minimum absolute atomic E-state index is 0.547. The van der Waals surface area contributed by atoms with Crippen molar-refractivity contribution in [3.8, 4) is 0 Å². The van der Waals surface area contributed by atoms with Crippen LogP contribution in [-0.2, 0) is 9.09 Å². The van der Waals surface area contributed by atoms with Crippen molar-refractivity contribution >= 4 is 13.1 Å². The monoisotopic (exact) mass is 236 g/mol. The van der Waals surface area contributed by atoms with E-state index in [1.807, 2.05) is 30.3 Å². The Hall–Kier alpha value is -1.01. The van der Waals surface area contributed by atoms with Gasteiger partial charge in [0.15, 0.2) is 0 Å². The Morgan fingerprint density at radius 2 is 1.75 bits per heavy atom. The Bertz CT molecular complexity index is 401. The molecule has 1 aliphatic rings. The molecule has 0 aromatic heterocycles. The fourth-order valence-corrected chi connectivity index (χ4v) is 4.29. The Morgan fingerprint density at radius 1 is 1.12 bits per heavy atom. The molecular formula is C13H17O2P. The number of hydrogen-bond donors (Lipinski definition) is 0. The predicted molar refractivity (Wildman–Crippen MR) is 67.8 cm³/mol. The van der Waals surface area contributed by atoms with Crippen LogP contribution in [0.3, 0.4) is 0 Å². The molecule has 1 heterocycles. The molecule has 0 bridgehead atoms. The van der Waals surface area contributed by atoms with Crippen LogP contribution in [0.1, 0.15) is 24.8 Å². The van der Waals surface area contributed by atoms with E-state index in [-0.39, 0.29) is 0 Å². The number of rotatable bonds is 3. The van der Waals surface area contributed by atoms with Crippen LogP contribution in [0.4, 0.5) is 0 Å². The van der Waals surface area contributed by atoms with E-state index >= 15 is 0 Å². The third kappa shape index (κ3) is 2.76. The summed E-state index contributed by atoms with van der Waals surface area (Å²) in [6.45, 7) is 3.87. The quantitative estimate of drug-likeness (QED) is 0.582. The summed E-state index contributed by atoms with van der Waals surface area (Å²) >= 11 is 0. The van der Waals surface area contributed by atoms with Gasteiger partial charge in [-0.25, -0.2) is 0 Å². The molecule has 3 heteroatoms. The van der Waals surface area contributed by atoms with Crippen LogP contribution in [0.15, 0.2) is 36.9 Å². The van der Waals surface area contributed by atoms with Gasteiger partial charge in [-0.05, 0) is 12.8 Å². The largest absolute Gasteiger partial charge is 0.443 e. The lowest BCUT2D eigenvalue weighted by molar-refractivity contribution is 0.446. The molecule has 1 aromatic rings. The second kappa shape index (κ2) is 4.88. The Labute approximate surface area is 96.8 Å². The van der Waals surface area contributed by atoms with Gasteiger partial charge in [0.05, 0.1) is 0 Å². The zero-order valence-corrected chi connectivity index (χ0v) is 10.3. The minimum atomic E-state index is -2.43. The number of benzene rings is 1. The average Bonchev–Trinajstić information content (AvgIpc) is 2.30. The van der Waals surface area contributed by atoms with Crippen LogP contribution in [-0.4, -0.2) is 12.3 Å². The maximum absolute atomic E-state index is 12.3. The third-order valence-electron chi connectivity index (χ3n) is 2.87. The molecule has 1 aliphatic heterocycles. The van der Waals surface area contributed by atoms with Gasteiger partial charge >= 0.3 is 0 Å². The molecule has 86 valence electrons. The molecule has 1 saturated heterocycles. The summed E-state index contributed by atoms with van der Waals surface area (Å²) in [4.78, 5) is 0. The van der Waals surface area contributed by atoms with Crippen molar-refractivity contribution in [3.63, 3.8) is 0 Å². The highest BCUT2D eigenvalue weighted by Crippen LogP contribution is 2.54. The molecule has 16 heavy (non-hydrogen) atoms. The summed E-state index contributed by atoms with van der Waals surface area (Å²) < 4.78 is 18.0. The van der Waals surface area contributed by atoms with Gasteiger partial charge in [-0.2, -0.15) is 0 Å². The molecule has 2 rings (SSSR count). The maximum atomic E-state index is 12.3. The van der Waals surface area contributed by atoms with E-state index in [9.17, 15) is 4.57 Å². The van der Waals surface area contributed by atoms with Gasteiger partial charge in [-0.15, -0.1) is 0 Å². The smallest absolute Gasteiger partial charge is 0.247 e. The van der Waals surface area contributed by atoms with Crippen molar-refractivity contribution in [1.82, 2.24) is 0 Å². The second-order valence-electron chi connectivity index (χ2n) is 4.20. The minimum Gasteiger partial charge on any atom is -0.443 e. The summed E-state index contributed by atoms with van der Waals surface area (Å²) in [5.74, 6) is 0.547. The Balaban J connectivity index is 2.05. The fraction of sp³-hybridized carbons (Fsp3) is 0.385. The molecule has 0 atom stereocenters. The van der Waals surface area contributed by atoms with Gasteiger partial charge in [0.2, 0.25) is 7.37 Å². The van der Waals surface area contributed by atoms with E-state index < -0.39 is 7.37 Å². The molecule has 0 N–H and O–H groups in total. The van der Waals surface area contributed by atoms with Crippen LogP contribution in [0.25, 0.3) is 5.76 Å². The first-order chi connectivity index (χ1) is 7.70. The summed E-state index contributed by atoms with van der Waals surface area (Å²) in [7, 11) is -2.43. The van der Waals surface area contributed by atoms with Gasteiger partial charge in [-0.3, -0.25) is 4.57 Å². The van der Waals surface area contributed by atoms with Crippen molar-refractivity contribution in [2.45, 2.75) is 19.3 Å². The predicted octanol–water partition coefficient (Wildman–Crippen LogP) is 4.14. The molecule has 0 amide bonds. The zero-order valence-electron chi connectivity index (χ0n) is 9.39. The maximum Gasteiger partial charge on any atom is 0.247 e. The van der Waals surface area contributed by atoms with E-state index in [2.05, 4.69) is 6.58 Å². The highest BCUT2D eigenvalue weighted by atomic mass is 31.2. The van der Waals surface area contributed by atoms with E-state index in [0.717, 1.165) is 18.4 Å². The zero-order chi connectivity index (χ0) is 11.4. The molecule has 1 fully saturated rings. The standard InChI is InChI=1S/C13H17O2P/c1-12(13-8-4-2-5-9-13)15-16(14)10-6-3-7-11-16/h2,4-5,8-9H,1,3,6-7,10-11H2. The van der Waals surface area contributed by atoms with Crippen molar-refractivity contribution in [2.75, 3.05) is 12.3 Å². The lowest BCUT2D eigenvalue weighted by Crippen LogP contribution is -2.05. The first-order valence-corrected chi connectivity index (χ1v) is 7.71. The summed E-state index contributed by atoms with van der Waals surface area (Å²) in [6, 6.07) is 9.66. The van der Waals surface area contributed by atoms with Crippen LogP contribution in [0, 0.1) is 0 Å². The normalized spacial score (nSPS) is 19.0. The molecule has 0 radical (unpaired) electrons. The highest BCUT2D eigenvalue weighted by Gasteiger charge is 2.27. The average molecular weight is 236 g/mol. The Morgan fingerprint density at radius 3 is 2.38 bits per heavy atom. The molecule has 1 aromatic carbocycles. The summed E-state index contributed by atoms with van der Waals surface area (Å²) in [5, 5.41) is 0. The van der Waals surface area contributed by atoms with E-state index in [1.54, 1.807) is 0 Å². The first-order valence-electron chi connectivity index (χ1n) is 5.72. The summed E-state index contributed by atoms with van der Waals surface area (Å²) in [6.07, 6.45) is 4.61. The lowest BCUT2D eigenvalue weighted by Gasteiger charge is -2.24. The molecule has 0 spiro atoms. The molecule has 0 aliphatic carbocycles. The second-order valence-corrected chi connectivity index (χ2v) is 6.91. The molecule has 2 nitrogen and oxygen atoms in total. The highest BCUT2D eigenvalue weighted by molar-refractivity contribution is 7.59. The van der Waals surface area contributed by atoms with E-state index in [0.29, 0.717) is 18.1 Å². The van der Waals surface area contributed by atoms with E-state index in [1.165, 1.54) is 6.42 Å². The topological polar surface area (TPSA) is 26.3 Å². The van der Waals surface area contributed by atoms with Crippen molar-refractivity contribution < 1.29 is 9.09 Å². The molecular weight excluding hydrogens is 219 g/mol. The van der Waals surface area contributed by atoms with Crippen LogP contribution >= 0.6 is 7.37 Å². The van der Waals surface area contributed by atoms with Crippen LogP contribution < -0.4 is 0 Å². The third-order valence-corrected chi connectivity index (χ3v) is 5.42. The lowest BCUT2D eigenvalue weighted by atomic mass is 10.2. The van der Waals surface area contributed by atoms with Crippen LogP contribution in [0.2, 0.25) is 0 Å². The fourth-order valence-electron chi connectivity index (χ4n) is 1.96. The van der Waals surface area contributed by atoms with Gasteiger partial charge < -0.3 is 4.52 Å². The number of hydrogen-bond acceptors (Lipinski definition) is 2. The summed E-state index contributed by atoms with van der Waals surface area (Å²) in [5.41, 5.74) is 0.920. The van der Waals surface area contributed by atoms with Gasteiger partial charge in [0.25, 0.3) is 0 Å². The van der Waals surface area contributed by atoms with Crippen molar-refractivity contribution in [3.05, 3.63) is 42.5 Å². The van der Waals surface area contributed by atoms with Gasteiger partial charge in [0.1, 0.15) is 5.76 Å². The SMILES string of the molecule is C=C(OP1(=O)CCCCC1)c1ccccc1. The van der Waals surface area contributed by atoms with Crippen molar-refractivity contribution in [1.29, 1.82) is 0 Å². The molecule has 0 saturated carbocycles. The van der Waals surface area contributed by atoms with Crippen molar-refractivity contribution in [2.24, 2.45) is 0 Å². The van der Waals surface area contributed by atoms with Gasteiger partial charge in [0, 0.05) is 17.9 Å². The first kappa shape index (κ1) is 11.5. The Kier molecular flexibility index (Phi) is 3.50. The van der Waals surface area contributed by atoms with Gasteiger partial charge in [-0.1, -0.05) is 43.3 Å². The van der Waals surface area contributed by atoms with E-state index in [4.69, 9.17) is 4.52 Å². The molecule has 0 unspecified atom stereocenters.